The molecular formula is C19H11F11INO2. The molecule has 1 heterocycles. The first kappa shape index (κ1) is 26.7. The van der Waals surface area contributed by atoms with Crippen LogP contribution < -0.4 is 0 Å². The van der Waals surface area contributed by atoms with Crippen LogP contribution in [0.15, 0.2) is 33.9 Å². The van der Waals surface area contributed by atoms with Gasteiger partial charge < -0.3 is 0 Å². The molecule has 15 heteroatoms. The molecule has 1 aliphatic heterocycles. The fourth-order valence-electron chi connectivity index (χ4n) is 3.56. The Kier molecular flexibility index (Phi) is 6.10. The summed E-state index contributed by atoms with van der Waals surface area (Å²) in [5.41, 5.74) is -6.12. The molecule has 188 valence electrons. The summed E-state index contributed by atoms with van der Waals surface area (Å²) in [5, 5.41) is 0. The molecule has 2 aliphatic rings. The number of amides is 2. The normalized spacial score (nSPS) is 25.9. The van der Waals surface area contributed by atoms with Gasteiger partial charge in [-0.3, -0.25) is 14.5 Å². The maximum atomic E-state index is 14.8. The Morgan fingerprint density at radius 2 is 1.12 bits per heavy atom. The van der Waals surface area contributed by atoms with Gasteiger partial charge in [-0.25, -0.2) is 4.39 Å². The zero-order valence-electron chi connectivity index (χ0n) is 16.3. The van der Waals surface area contributed by atoms with E-state index in [0.29, 0.717) is 4.90 Å². The predicted octanol–water partition coefficient (Wildman–Crippen LogP) is 6.28. The van der Waals surface area contributed by atoms with E-state index in [1.807, 2.05) is 0 Å². The number of alkyl halides is 11. The van der Waals surface area contributed by atoms with Crippen molar-refractivity contribution >= 4 is 34.4 Å². The molecule has 3 rings (SSSR count). The summed E-state index contributed by atoms with van der Waals surface area (Å²) in [7, 11) is 0. The summed E-state index contributed by atoms with van der Waals surface area (Å²) in [4.78, 5) is 25.1. The number of nitrogens with zero attached hydrogens (tertiary/aromatic N) is 1. The standard InChI is InChI=1S/C19H11F11INO2/c20-14(15(21,22)17(25,26)19(29,30)18(27,28)16(14,23)24)8-9(31)4-3-7-32-12(33)10-5-1-2-6-11(10)13(32)34/h1-2,5-6,8H,3-4,7H2. The second kappa shape index (κ2) is 7.78. The molecule has 1 aromatic carbocycles. The first-order chi connectivity index (χ1) is 15.3. The molecule has 1 saturated carbocycles. The van der Waals surface area contributed by atoms with Crippen LogP contribution in [0.4, 0.5) is 48.3 Å². The first-order valence-corrected chi connectivity index (χ1v) is 10.3. The van der Waals surface area contributed by atoms with E-state index in [9.17, 15) is 57.9 Å². The van der Waals surface area contributed by atoms with Crippen molar-refractivity contribution in [2.75, 3.05) is 6.54 Å². The number of rotatable bonds is 5. The molecule has 0 atom stereocenters. The van der Waals surface area contributed by atoms with Crippen molar-refractivity contribution in [2.24, 2.45) is 0 Å². The van der Waals surface area contributed by atoms with E-state index >= 15 is 0 Å². The lowest BCUT2D eigenvalue weighted by Crippen LogP contribution is -2.83. The molecule has 0 aromatic heterocycles. The molecule has 1 fully saturated rings. The lowest BCUT2D eigenvalue weighted by atomic mass is 9.72. The molecule has 0 spiro atoms. The molecule has 3 nitrogen and oxygen atoms in total. The Morgan fingerprint density at radius 1 is 0.735 bits per heavy atom. The highest BCUT2D eigenvalue weighted by Gasteiger charge is 3.00. The third-order valence-electron chi connectivity index (χ3n) is 5.52. The Bertz CT molecular complexity index is 1010. The van der Waals surface area contributed by atoms with Gasteiger partial charge in [0.2, 0.25) is 0 Å². The van der Waals surface area contributed by atoms with Crippen molar-refractivity contribution in [1.82, 2.24) is 4.90 Å². The van der Waals surface area contributed by atoms with Crippen LogP contribution in [0, 0.1) is 0 Å². The number of halogens is 12. The topological polar surface area (TPSA) is 37.4 Å². The van der Waals surface area contributed by atoms with Crippen LogP contribution in [0.5, 0.6) is 0 Å². The Balaban J connectivity index is 1.85. The van der Waals surface area contributed by atoms with E-state index < -0.39 is 76.1 Å². The van der Waals surface area contributed by atoms with Gasteiger partial charge in [0.1, 0.15) is 0 Å². The number of benzene rings is 1. The minimum atomic E-state index is -7.27. The van der Waals surface area contributed by atoms with E-state index in [-0.39, 0.29) is 11.1 Å². The van der Waals surface area contributed by atoms with E-state index in [4.69, 9.17) is 0 Å². The van der Waals surface area contributed by atoms with Gasteiger partial charge in [0.05, 0.1) is 11.1 Å². The molecule has 0 bridgehead atoms. The molecule has 0 radical (unpaired) electrons. The Morgan fingerprint density at radius 3 is 1.53 bits per heavy atom. The average molecular weight is 621 g/mol. The van der Waals surface area contributed by atoms with Crippen LogP contribution >= 0.6 is 22.6 Å². The highest BCUT2D eigenvalue weighted by molar-refractivity contribution is 14.1. The minimum absolute atomic E-state index is 0.0346. The number of hydrogen-bond donors (Lipinski definition) is 0. The van der Waals surface area contributed by atoms with Gasteiger partial charge in [0.25, 0.3) is 17.5 Å². The van der Waals surface area contributed by atoms with Crippen molar-refractivity contribution in [3.05, 3.63) is 45.0 Å². The molecule has 1 aliphatic carbocycles. The summed E-state index contributed by atoms with van der Waals surface area (Å²) >= 11 is 0.906. The van der Waals surface area contributed by atoms with Crippen LogP contribution in [0.3, 0.4) is 0 Å². The lowest BCUT2D eigenvalue weighted by molar-refractivity contribution is -0.476. The molecule has 0 saturated heterocycles. The van der Waals surface area contributed by atoms with Gasteiger partial charge in [-0.15, -0.1) is 0 Å². The van der Waals surface area contributed by atoms with Gasteiger partial charge in [-0.05, 0) is 57.2 Å². The largest absolute Gasteiger partial charge is 0.384 e. The Hall–Kier alpha value is -1.94. The van der Waals surface area contributed by atoms with E-state index in [1.54, 1.807) is 0 Å². The van der Waals surface area contributed by atoms with Crippen LogP contribution in [0.25, 0.3) is 0 Å². The molecule has 34 heavy (non-hydrogen) atoms. The second-order valence-electron chi connectivity index (χ2n) is 7.59. The molecule has 0 N–H and O–H groups in total. The minimum Gasteiger partial charge on any atom is -0.274 e. The number of imide groups is 1. The van der Waals surface area contributed by atoms with E-state index in [2.05, 4.69) is 0 Å². The lowest BCUT2D eigenvalue weighted by Gasteiger charge is -2.51. The SMILES string of the molecule is O=C1c2ccccc2C(=O)N1CCCC(I)=CC1(F)C(F)(F)C(F)(F)C(F)(F)C(F)(F)C1(F)F. The highest BCUT2D eigenvalue weighted by atomic mass is 127. The number of allylic oxidation sites excluding steroid dienone is 2. The quantitative estimate of drug-likeness (QED) is 0.221. The van der Waals surface area contributed by atoms with Crippen LogP contribution in [-0.4, -0.2) is 58.5 Å². The van der Waals surface area contributed by atoms with Crippen molar-refractivity contribution < 1.29 is 57.9 Å². The smallest absolute Gasteiger partial charge is 0.274 e. The zero-order chi connectivity index (χ0) is 26.1. The molecule has 2 amide bonds. The van der Waals surface area contributed by atoms with Crippen LogP contribution in [0.1, 0.15) is 33.6 Å². The summed E-state index contributed by atoms with van der Waals surface area (Å²) in [5.74, 6) is -37.0. The van der Waals surface area contributed by atoms with Gasteiger partial charge in [-0.2, -0.15) is 43.9 Å². The van der Waals surface area contributed by atoms with Crippen LogP contribution in [-0.2, 0) is 0 Å². The third-order valence-corrected chi connectivity index (χ3v) is 6.37. The second-order valence-corrected chi connectivity index (χ2v) is 8.97. The van der Waals surface area contributed by atoms with Crippen molar-refractivity contribution in [2.45, 2.75) is 48.1 Å². The van der Waals surface area contributed by atoms with Crippen molar-refractivity contribution in [3.8, 4) is 0 Å². The summed E-state index contributed by atoms with van der Waals surface area (Å²) in [6, 6.07) is 5.57. The van der Waals surface area contributed by atoms with Crippen molar-refractivity contribution in [1.29, 1.82) is 0 Å². The summed E-state index contributed by atoms with van der Waals surface area (Å²) in [6.45, 7) is -0.455. The fraction of sp³-hybridized carbons (Fsp3) is 0.474. The molecular weight excluding hydrogens is 610 g/mol. The van der Waals surface area contributed by atoms with E-state index in [1.165, 1.54) is 24.3 Å². The average Bonchev–Trinajstić information content (AvgIpc) is 2.97. The van der Waals surface area contributed by atoms with Crippen molar-refractivity contribution in [3.63, 3.8) is 0 Å². The maximum absolute atomic E-state index is 14.8. The van der Waals surface area contributed by atoms with Gasteiger partial charge in [0.15, 0.2) is 0 Å². The Labute approximate surface area is 197 Å². The van der Waals surface area contributed by atoms with Gasteiger partial charge >= 0.3 is 29.6 Å². The maximum Gasteiger partial charge on any atom is 0.384 e. The summed E-state index contributed by atoms with van der Waals surface area (Å²) in [6.07, 6.45) is -2.07. The molecule has 1 aromatic rings. The van der Waals surface area contributed by atoms with Gasteiger partial charge in [-0.1, -0.05) is 12.1 Å². The van der Waals surface area contributed by atoms with E-state index in [0.717, 1.165) is 22.6 Å². The third kappa shape index (κ3) is 3.13. The first-order valence-electron chi connectivity index (χ1n) is 9.20. The zero-order valence-corrected chi connectivity index (χ0v) is 18.5. The number of carbonyl (C=O) groups excluding carboxylic acids is 2. The monoisotopic (exact) mass is 621 g/mol. The predicted molar refractivity (Wildman–Crippen MR) is 102 cm³/mol. The number of hydrogen-bond acceptors (Lipinski definition) is 2. The number of carbonyl (C=O) groups is 2. The van der Waals surface area contributed by atoms with Gasteiger partial charge in [0, 0.05) is 6.54 Å². The van der Waals surface area contributed by atoms with Crippen LogP contribution in [0.2, 0.25) is 0 Å². The summed E-state index contributed by atoms with van der Waals surface area (Å²) < 4.78 is 151. The number of fused-ring (bicyclic) bond motifs is 1. The fourth-order valence-corrected chi connectivity index (χ4v) is 4.37. The highest BCUT2D eigenvalue weighted by Crippen LogP contribution is 2.70. The molecule has 0 unspecified atom stereocenters.